The number of anilines is 1. The molecule has 1 aromatic carbocycles. The Bertz CT molecular complexity index is 1060. The number of aryl methyl sites for hydroxylation is 3. The van der Waals surface area contributed by atoms with Gasteiger partial charge in [0.2, 0.25) is 5.91 Å². The molecule has 0 radical (unpaired) electrons. The summed E-state index contributed by atoms with van der Waals surface area (Å²) in [5.41, 5.74) is 4.88. The highest BCUT2D eigenvalue weighted by atomic mass is 16.2. The molecule has 0 aliphatic carbocycles. The maximum Gasteiger partial charge on any atom is 0.239 e. The molecule has 1 amide bonds. The van der Waals surface area contributed by atoms with Gasteiger partial charge in [-0.05, 0) is 58.0 Å². The number of hydrogen-bond acceptors (Lipinski definition) is 4. The van der Waals surface area contributed by atoms with Crippen LogP contribution in [0, 0.1) is 20.8 Å². The van der Waals surface area contributed by atoms with Gasteiger partial charge in [-0.15, -0.1) is 0 Å². The van der Waals surface area contributed by atoms with Gasteiger partial charge in [0.05, 0.1) is 13.1 Å². The lowest BCUT2D eigenvalue weighted by atomic mass is 10.1. The number of nitrogens with one attached hydrogen (secondary N) is 1. The topological polar surface area (TPSA) is 67.2 Å². The second-order valence-corrected chi connectivity index (χ2v) is 7.98. The van der Waals surface area contributed by atoms with Crippen molar-refractivity contribution in [3.05, 3.63) is 82.8 Å². The molecule has 0 saturated heterocycles. The fraction of sp³-hybridized carbons (Fsp3) is 0.320. The molecule has 0 aliphatic heterocycles. The van der Waals surface area contributed by atoms with E-state index in [9.17, 15) is 9.59 Å². The van der Waals surface area contributed by atoms with Gasteiger partial charge in [-0.3, -0.25) is 14.5 Å². The fourth-order valence-electron chi connectivity index (χ4n) is 3.74. The molecule has 0 unspecified atom stereocenters. The Morgan fingerprint density at radius 1 is 1.00 bits per heavy atom. The number of pyridine rings is 1. The van der Waals surface area contributed by atoms with E-state index in [-0.39, 0.29) is 24.8 Å². The number of carbonyl (C=O) groups excluding carboxylic acids is 2. The average molecular weight is 419 g/mol. The number of rotatable bonds is 9. The van der Waals surface area contributed by atoms with Gasteiger partial charge in [-0.25, -0.2) is 4.98 Å². The van der Waals surface area contributed by atoms with Crippen LogP contribution >= 0.6 is 0 Å². The van der Waals surface area contributed by atoms with Crippen LogP contribution in [0.2, 0.25) is 0 Å². The van der Waals surface area contributed by atoms with Gasteiger partial charge < -0.3 is 9.88 Å². The van der Waals surface area contributed by atoms with Crippen LogP contribution < -0.4 is 5.32 Å². The first-order valence-corrected chi connectivity index (χ1v) is 10.5. The molecule has 31 heavy (non-hydrogen) atoms. The maximum atomic E-state index is 12.9. The second-order valence-electron chi connectivity index (χ2n) is 7.98. The van der Waals surface area contributed by atoms with Crippen molar-refractivity contribution in [2.75, 3.05) is 25.5 Å². The van der Waals surface area contributed by atoms with Gasteiger partial charge in [0.1, 0.15) is 5.82 Å². The minimum Gasteiger partial charge on any atom is -0.348 e. The van der Waals surface area contributed by atoms with Crippen molar-refractivity contribution in [1.82, 2.24) is 14.5 Å². The van der Waals surface area contributed by atoms with Gasteiger partial charge in [0, 0.05) is 29.2 Å². The monoisotopic (exact) mass is 418 g/mol. The van der Waals surface area contributed by atoms with Crippen molar-refractivity contribution in [2.45, 2.75) is 33.7 Å². The van der Waals surface area contributed by atoms with E-state index in [2.05, 4.69) is 27.0 Å². The van der Waals surface area contributed by atoms with E-state index in [1.807, 2.05) is 57.2 Å². The molecule has 6 heteroatoms. The predicted octanol–water partition coefficient (Wildman–Crippen LogP) is 3.80. The minimum absolute atomic E-state index is 0.0167. The van der Waals surface area contributed by atoms with E-state index in [1.54, 1.807) is 18.0 Å². The van der Waals surface area contributed by atoms with E-state index in [4.69, 9.17) is 0 Å². The summed E-state index contributed by atoms with van der Waals surface area (Å²) in [6, 6.07) is 17.8. The SMILES string of the molecule is Cc1cccc(NC(=O)CN(C)CC(=O)c2cc(C)n(CCc3ccccc3)c2C)n1. The Labute approximate surface area is 183 Å². The van der Waals surface area contributed by atoms with Crippen LogP contribution in [0.15, 0.2) is 54.6 Å². The smallest absolute Gasteiger partial charge is 0.239 e. The molecule has 3 aromatic rings. The summed E-state index contributed by atoms with van der Waals surface area (Å²) < 4.78 is 2.19. The number of aromatic nitrogens is 2. The van der Waals surface area contributed by atoms with Gasteiger partial charge in [-0.2, -0.15) is 0 Å². The molecule has 0 spiro atoms. The van der Waals surface area contributed by atoms with Crippen LogP contribution in [0.5, 0.6) is 0 Å². The van der Waals surface area contributed by atoms with Crippen molar-refractivity contribution in [3.8, 4) is 0 Å². The summed E-state index contributed by atoms with van der Waals surface area (Å²) in [4.78, 5) is 31.2. The summed E-state index contributed by atoms with van der Waals surface area (Å²) in [5, 5.41) is 2.78. The number of hydrogen-bond donors (Lipinski definition) is 1. The molecule has 162 valence electrons. The number of benzene rings is 1. The van der Waals surface area contributed by atoms with Crippen LogP contribution in [0.4, 0.5) is 5.82 Å². The molecule has 1 N–H and O–H groups in total. The van der Waals surface area contributed by atoms with E-state index in [1.165, 1.54) is 5.56 Å². The summed E-state index contributed by atoms with van der Waals surface area (Å²) in [6.07, 6.45) is 0.915. The van der Waals surface area contributed by atoms with Gasteiger partial charge in [0.15, 0.2) is 5.78 Å². The van der Waals surface area contributed by atoms with Gasteiger partial charge in [0.25, 0.3) is 0 Å². The highest BCUT2D eigenvalue weighted by molar-refractivity contribution is 5.99. The van der Waals surface area contributed by atoms with Gasteiger partial charge in [-0.1, -0.05) is 36.4 Å². The fourth-order valence-corrected chi connectivity index (χ4v) is 3.74. The summed E-state index contributed by atoms with van der Waals surface area (Å²) in [6.45, 7) is 7.02. The molecule has 0 bridgehead atoms. The number of ketones is 1. The third kappa shape index (κ3) is 6.12. The standard InChI is InChI=1S/C25H30N4O2/c1-18-9-8-12-24(26-18)27-25(31)17-28(4)16-23(30)22-15-19(2)29(20(22)3)14-13-21-10-6-5-7-11-21/h5-12,15H,13-14,16-17H2,1-4H3,(H,26,27,31). The Morgan fingerprint density at radius 2 is 1.74 bits per heavy atom. The Morgan fingerprint density at radius 3 is 2.45 bits per heavy atom. The third-order valence-electron chi connectivity index (χ3n) is 5.32. The Balaban J connectivity index is 1.57. The van der Waals surface area contributed by atoms with Crippen LogP contribution in [0.1, 0.15) is 33.0 Å². The van der Waals surface area contributed by atoms with Crippen LogP contribution in [0.25, 0.3) is 0 Å². The van der Waals surface area contributed by atoms with Crippen LogP contribution in [-0.2, 0) is 17.8 Å². The molecule has 0 fully saturated rings. The maximum absolute atomic E-state index is 12.9. The predicted molar refractivity (Wildman–Crippen MR) is 123 cm³/mol. The molecule has 3 rings (SSSR count). The van der Waals surface area contributed by atoms with Crippen molar-refractivity contribution in [1.29, 1.82) is 0 Å². The summed E-state index contributed by atoms with van der Waals surface area (Å²) in [7, 11) is 1.77. The van der Waals surface area contributed by atoms with E-state index in [0.29, 0.717) is 5.82 Å². The highest BCUT2D eigenvalue weighted by Crippen LogP contribution is 2.17. The molecule has 0 atom stereocenters. The number of likely N-dealkylation sites (N-methyl/N-ethyl adjacent to an activating group) is 1. The number of carbonyl (C=O) groups is 2. The number of amides is 1. The Hall–Kier alpha value is -3.25. The lowest BCUT2D eigenvalue weighted by molar-refractivity contribution is -0.116. The van der Waals surface area contributed by atoms with E-state index >= 15 is 0 Å². The minimum atomic E-state index is -0.193. The highest BCUT2D eigenvalue weighted by Gasteiger charge is 2.18. The largest absolute Gasteiger partial charge is 0.348 e. The average Bonchev–Trinajstić information content (AvgIpc) is 3.00. The third-order valence-corrected chi connectivity index (χ3v) is 5.32. The lowest BCUT2D eigenvalue weighted by Crippen LogP contribution is -2.34. The van der Waals surface area contributed by atoms with Crippen molar-refractivity contribution in [3.63, 3.8) is 0 Å². The molecule has 2 heterocycles. The number of nitrogens with zero attached hydrogens (tertiary/aromatic N) is 3. The van der Waals surface area contributed by atoms with E-state index < -0.39 is 0 Å². The van der Waals surface area contributed by atoms with E-state index in [0.717, 1.165) is 35.6 Å². The van der Waals surface area contributed by atoms with Crippen LogP contribution in [0.3, 0.4) is 0 Å². The summed E-state index contributed by atoms with van der Waals surface area (Å²) in [5.74, 6) is 0.344. The molecular weight excluding hydrogens is 388 g/mol. The molecule has 0 saturated carbocycles. The van der Waals surface area contributed by atoms with Crippen LogP contribution in [-0.4, -0.2) is 46.3 Å². The molecular formula is C25H30N4O2. The first kappa shape index (κ1) is 22.4. The van der Waals surface area contributed by atoms with Gasteiger partial charge >= 0.3 is 0 Å². The van der Waals surface area contributed by atoms with Crippen molar-refractivity contribution >= 4 is 17.5 Å². The zero-order chi connectivity index (χ0) is 22.4. The molecule has 2 aromatic heterocycles. The lowest BCUT2D eigenvalue weighted by Gasteiger charge is -2.15. The summed E-state index contributed by atoms with van der Waals surface area (Å²) >= 11 is 0. The Kier molecular flexibility index (Phi) is 7.36. The zero-order valence-corrected chi connectivity index (χ0v) is 18.7. The van der Waals surface area contributed by atoms with Crippen molar-refractivity contribution < 1.29 is 9.59 Å². The second kappa shape index (κ2) is 10.2. The first-order chi connectivity index (χ1) is 14.8. The quantitative estimate of drug-likeness (QED) is 0.537. The number of Topliss-reactive ketones (excluding diaryl/α,β-unsaturated/α-hetero) is 1. The normalized spacial score (nSPS) is 11.0. The van der Waals surface area contributed by atoms with Crippen molar-refractivity contribution in [2.24, 2.45) is 0 Å². The molecule has 6 nitrogen and oxygen atoms in total. The zero-order valence-electron chi connectivity index (χ0n) is 18.7. The first-order valence-electron chi connectivity index (χ1n) is 10.5. The molecule has 0 aliphatic rings.